The molecule has 1 unspecified atom stereocenters. The summed E-state index contributed by atoms with van der Waals surface area (Å²) in [5, 5.41) is 0. The second-order valence-corrected chi connectivity index (χ2v) is 10.7. The molecule has 1 heteroatoms. The van der Waals surface area contributed by atoms with Crippen LogP contribution in [0.5, 0.6) is 0 Å². The number of hydrogen-bond acceptors (Lipinski definition) is 1. The Morgan fingerprint density at radius 3 is 2.64 bits per heavy atom. The van der Waals surface area contributed by atoms with E-state index < -0.39 is 0 Å². The van der Waals surface area contributed by atoms with Gasteiger partial charge in [0.05, 0.1) is 0 Å². The lowest BCUT2D eigenvalue weighted by Gasteiger charge is -2.44. The summed E-state index contributed by atoms with van der Waals surface area (Å²) in [7, 11) is 0. The Kier molecular flexibility index (Phi) is 7.05. The molecular weight excluding hydrogens is 340 g/mol. The summed E-state index contributed by atoms with van der Waals surface area (Å²) in [5.41, 5.74) is 4.51. The minimum absolute atomic E-state index is 0.377. The fourth-order valence-corrected chi connectivity index (χ4v) is 6.52. The lowest BCUT2D eigenvalue weighted by Crippen LogP contribution is -2.36. The van der Waals surface area contributed by atoms with Crippen LogP contribution in [0.4, 0.5) is 0 Å². The molecule has 0 aromatic carbocycles. The van der Waals surface area contributed by atoms with E-state index >= 15 is 0 Å². The standard InChI is InChI=1S/C27H42O/c1-19(2)8-6-9-21(4)25-15-16-26-22(10-7-17-27(25,26)5)12-13-23-18-24(28)14-11-20(23)3/h12-13,19,21,25-26H,3,6-11,14-18H2,1-2,4-5H3/b22-12+,23-13-/t21-,25-,26?,27-/m1/s1. The van der Waals surface area contributed by atoms with E-state index in [0.717, 1.165) is 30.1 Å². The Labute approximate surface area is 173 Å². The molecule has 0 N–H and O–H groups in total. The van der Waals surface area contributed by atoms with Crippen LogP contribution in [0.2, 0.25) is 0 Å². The summed E-state index contributed by atoms with van der Waals surface area (Å²) >= 11 is 0. The van der Waals surface area contributed by atoms with Crippen LogP contribution < -0.4 is 0 Å². The van der Waals surface area contributed by atoms with E-state index in [1.807, 2.05) is 0 Å². The summed E-state index contributed by atoms with van der Waals surface area (Å²) in [6.45, 7) is 14.0. The van der Waals surface area contributed by atoms with Gasteiger partial charge in [-0.1, -0.05) is 76.8 Å². The predicted octanol–water partition coefficient (Wildman–Crippen LogP) is 7.83. The molecular formula is C27H42O. The van der Waals surface area contributed by atoms with Crippen molar-refractivity contribution in [3.63, 3.8) is 0 Å². The summed E-state index contributed by atoms with van der Waals surface area (Å²) in [4.78, 5) is 11.8. The summed E-state index contributed by atoms with van der Waals surface area (Å²) < 4.78 is 0. The van der Waals surface area contributed by atoms with Crippen molar-refractivity contribution in [2.24, 2.45) is 29.1 Å². The second kappa shape index (κ2) is 9.14. The zero-order valence-corrected chi connectivity index (χ0v) is 18.9. The van der Waals surface area contributed by atoms with Gasteiger partial charge in [0, 0.05) is 12.8 Å². The largest absolute Gasteiger partial charge is 0.299 e. The Bertz CT molecular complexity index is 649. The van der Waals surface area contributed by atoms with Crippen molar-refractivity contribution >= 4 is 5.78 Å². The number of fused-ring (bicyclic) bond motifs is 1. The summed E-state index contributed by atoms with van der Waals surface area (Å²) in [5.74, 6) is 3.69. The second-order valence-electron chi connectivity index (χ2n) is 10.7. The van der Waals surface area contributed by atoms with Gasteiger partial charge in [-0.25, -0.2) is 0 Å². The molecule has 156 valence electrons. The van der Waals surface area contributed by atoms with Crippen LogP contribution in [0, 0.1) is 29.1 Å². The molecule has 0 heterocycles. The van der Waals surface area contributed by atoms with Crippen molar-refractivity contribution in [3.05, 3.63) is 35.5 Å². The zero-order chi connectivity index (χ0) is 20.3. The number of Topliss-reactive ketones (excluding diaryl/α,β-unsaturated/α-hetero) is 1. The van der Waals surface area contributed by atoms with Gasteiger partial charge in [-0.2, -0.15) is 0 Å². The maximum atomic E-state index is 11.8. The van der Waals surface area contributed by atoms with E-state index in [2.05, 4.69) is 46.4 Å². The normalized spacial score (nSPS) is 35.0. The van der Waals surface area contributed by atoms with Crippen molar-refractivity contribution in [1.29, 1.82) is 0 Å². The van der Waals surface area contributed by atoms with Gasteiger partial charge >= 0.3 is 0 Å². The van der Waals surface area contributed by atoms with Gasteiger partial charge in [-0.05, 0) is 73.2 Å². The Morgan fingerprint density at radius 2 is 1.89 bits per heavy atom. The minimum Gasteiger partial charge on any atom is -0.299 e. The molecule has 0 radical (unpaired) electrons. The van der Waals surface area contributed by atoms with Crippen molar-refractivity contribution in [1.82, 2.24) is 0 Å². The molecule has 28 heavy (non-hydrogen) atoms. The van der Waals surface area contributed by atoms with E-state index in [9.17, 15) is 4.79 Å². The molecule has 0 aliphatic heterocycles. The molecule has 3 aliphatic rings. The highest BCUT2D eigenvalue weighted by Gasteiger charge is 2.50. The number of hydrogen-bond donors (Lipinski definition) is 0. The van der Waals surface area contributed by atoms with Gasteiger partial charge in [-0.3, -0.25) is 4.79 Å². The predicted molar refractivity (Wildman–Crippen MR) is 120 cm³/mol. The highest BCUT2D eigenvalue weighted by atomic mass is 16.1. The monoisotopic (exact) mass is 382 g/mol. The third kappa shape index (κ3) is 4.71. The smallest absolute Gasteiger partial charge is 0.137 e. The molecule has 4 atom stereocenters. The van der Waals surface area contributed by atoms with Crippen molar-refractivity contribution in [3.8, 4) is 0 Å². The molecule has 0 saturated heterocycles. The Hall–Kier alpha value is -1.11. The molecule has 0 amide bonds. The fraction of sp³-hybridized carbons (Fsp3) is 0.741. The van der Waals surface area contributed by atoms with Crippen LogP contribution in [0.25, 0.3) is 0 Å². The van der Waals surface area contributed by atoms with Gasteiger partial charge in [0.1, 0.15) is 5.78 Å². The lowest BCUT2D eigenvalue weighted by molar-refractivity contribution is -0.118. The highest BCUT2D eigenvalue weighted by molar-refractivity contribution is 5.84. The van der Waals surface area contributed by atoms with Crippen LogP contribution >= 0.6 is 0 Å². The fourth-order valence-electron chi connectivity index (χ4n) is 6.52. The average Bonchev–Trinajstić information content (AvgIpc) is 2.99. The first kappa shape index (κ1) is 21.6. The quantitative estimate of drug-likeness (QED) is 0.457. The number of carbonyl (C=O) groups excluding carboxylic acids is 1. The molecule has 0 aromatic rings. The first-order valence-corrected chi connectivity index (χ1v) is 11.9. The van der Waals surface area contributed by atoms with Crippen molar-refractivity contribution in [2.45, 2.75) is 98.3 Å². The first-order chi connectivity index (χ1) is 13.3. The van der Waals surface area contributed by atoms with Crippen LogP contribution in [0.1, 0.15) is 98.3 Å². The average molecular weight is 383 g/mol. The highest BCUT2D eigenvalue weighted by Crippen LogP contribution is 2.59. The molecule has 0 spiro atoms. The van der Waals surface area contributed by atoms with E-state index in [4.69, 9.17) is 0 Å². The molecule has 1 nitrogen and oxygen atoms in total. The zero-order valence-electron chi connectivity index (χ0n) is 18.9. The van der Waals surface area contributed by atoms with Crippen molar-refractivity contribution < 1.29 is 4.79 Å². The number of ketones is 1. The Balaban J connectivity index is 1.70. The van der Waals surface area contributed by atoms with E-state index in [0.29, 0.717) is 24.0 Å². The van der Waals surface area contributed by atoms with E-state index in [-0.39, 0.29) is 0 Å². The molecule has 3 saturated carbocycles. The maximum Gasteiger partial charge on any atom is 0.137 e. The molecule has 3 aliphatic carbocycles. The minimum atomic E-state index is 0.377. The molecule has 3 fully saturated rings. The summed E-state index contributed by atoms with van der Waals surface area (Å²) in [6, 6.07) is 0. The maximum absolute atomic E-state index is 11.8. The topological polar surface area (TPSA) is 17.1 Å². The molecule has 0 bridgehead atoms. The number of allylic oxidation sites excluding steroid dienone is 5. The lowest BCUT2D eigenvalue weighted by atomic mass is 9.60. The SMILES string of the molecule is C=C1CCC(=O)C/C1=C/C=C1\CCC[C@@]2(C)C1CC[C@@H]2[C@H](C)CCCC(C)C. The number of rotatable bonds is 6. The van der Waals surface area contributed by atoms with Crippen LogP contribution in [0.15, 0.2) is 35.5 Å². The molecule has 0 aromatic heterocycles. The molecule has 3 rings (SSSR count). The Morgan fingerprint density at radius 1 is 1.11 bits per heavy atom. The van der Waals surface area contributed by atoms with Crippen LogP contribution in [0.3, 0.4) is 0 Å². The van der Waals surface area contributed by atoms with Crippen LogP contribution in [-0.4, -0.2) is 5.78 Å². The van der Waals surface area contributed by atoms with E-state index in [1.165, 1.54) is 62.5 Å². The third-order valence-electron chi connectivity index (χ3n) is 8.21. The third-order valence-corrected chi connectivity index (χ3v) is 8.21. The number of carbonyl (C=O) groups is 1. The first-order valence-electron chi connectivity index (χ1n) is 11.9. The van der Waals surface area contributed by atoms with E-state index in [1.54, 1.807) is 5.57 Å². The van der Waals surface area contributed by atoms with Gasteiger partial charge in [0.15, 0.2) is 0 Å². The van der Waals surface area contributed by atoms with Gasteiger partial charge in [0.25, 0.3) is 0 Å². The van der Waals surface area contributed by atoms with Gasteiger partial charge < -0.3 is 0 Å². The van der Waals surface area contributed by atoms with Crippen LogP contribution in [-0.2, 0) is 4.79 Å². The summed E-state index contributed by atoms with van der Waals surface area (Å²) in [6.07, 6.45) is 17.7. The van der Waals surface area contributed by atoms with Crippen molar-refractivity contribution in [2.75, 3.05) is 0 Å². The van der Waals surface area contributed by atoms with Gasteiger partial charge in [0.2, 0.25) is 0 Å². The van der Waals surface area contributed by atoms with Gasteiger partial charge in [-0.15, -0.1) is 0 Å².